The van der Waals surface area contributed by atoms with Gasteiger partial charge in [0.05, 0.1) is 6.42 Å². The topological polar surface area (TPSA) is 26.3 Å². The summed E-state index contributed by atoms with van der Waals surface area (Å²) in [6.07, 6.45) is -20.7. The Bertz CT molecular complexity index is 522. The fourth-order valence-electron chi connectivity index (χ4n) is 1.19. The summed E-state index contributed by atoms with van der Waals surface area (Å²) in [5.41, 5.74) is -1.02. The van der Waals surface area contributed by atoms with Gasteiger partial charge in [0.25, 0.3) is 0 Å². The molecule has 0 N–H and O–H groups in total. The van der Waals surface area contributed by atoms with E-state index in [0.29, 0.717) is 6.92 Å². The SMILES string of the molecule is C=C(C)C(=O)OC(F)(F)C(F)(F)C(F)(F)C(F)(F)C(F)CC(F)(F)F. The van der Waals surface area contributed by atoms with Crippen LogP contribution in [0.15, 0.2) is 12.2 Å². The van der Waals surface area contributed by atoms with Crippen molar-refractivity contribution in [1.82, 2.24) is 0 Å². The average molecular weight is 400 g/mol. The number of ether oxygens (including phenoxy) is 1. The molecule has 0 bridgehead atoms. The Balaban J connectivity index is 5.85. The second-order valence-corrected chi connectivity index (χ2v) is 4.75. The van der Waals surface area contributed by atoms with Gasteiger partial charge in [-0.1, -0.05) is 6.58 Å². The number of carbonyl (C=O) groups excluding carboxylic acids is 1. The number of carbonyl (C=O) groups is 1. The van der Waals surface area contributed by atoms with Crippen molar-refractivity contribution in [3.05, 3.63) is 12.2 Å². The molecule has 0 aliphatic heterocycles. The molecule has 1 unspecified atom stereocenters. The molecule has 0 spiro atoms. The number of alkyl halides is 12. The molecule has 0 rings (SSSR count). The van der Waals surface area contributed by atoms with E-state index in [1.54, 1.807) is 0 Å². The van der Waals surface area contributed by atoms with Crippen LogP contribution in [0.1, 0.15) is 13.3 Å². The molecule has 0 radical (unpaired) electrons. The zero-order valence-corrected chi connectivity index (χ0v) is 11.8. The van der Waals surface area contributed by atoms with Gasteiger partial charge in [0.1, 0.15) is 0 Å². The van der Waals surface area contributed by atoms with Crippen LogP contribution in [-0.2, 0) is 9.53 Å². The van der Waals surface area contributed by atoms with E-state index < -0.39 is 54.2 Å². The minimum absolute atomic E-state index is 0.601. The number of halogens is 12. The molecule has 0 aromatic heterocycles. The fraction of sp³-hybridized carbons (Fsp3) is 0.727. The third-order valence-corrected chi connectivity index (χ3v) is 2.55. The van der Waals surface area contributed by atoms with E-state index in [1.165, 1.54) is 0 Å². The Morgan fingerprint density at radius 2 is 1.32 bits per heavy atom. The molecular formula is C11H8F12O2. The Labute approximate surface area is 131 Å². The summed E-state index contributed by atoms with van der Waals surface area (Å²) in [5.74, 6) is -23.9. The predicted octanol–water partition coefficient (Wildman–Crippen LogP) is 4.89. The lowest BCUT2D eigenvalue weighted by Crippen LogP contribution is -2.65. The lowest BCUT2D eigenvalue weighted by Gasteiger charge is -2.37. The van der Waals surface area contributed by atoms with E-state index in [2.05, 4.69) is 11.3 Å². The van der Waals surface area contributed by atoms with Crippen molar-refractivity contribution < 1.29 is 62.2 Å². The molecule has 0 saturated heterocycles. The average Bonchev–Trinajstić information content (AvgIpc) is 2.34. The van der Waals surface area contributed by atoms with E-state index in [-0.39, 0.29) is 0 Å². The van der Waals surface area contributed by atoms with Crippen molar-refractivity contribution in [3.63, 3.8) is 0 Å². The largest absolute Gasteiger partial charge is 0.473 e. The number of hydrogen-bond donors (Lipinski definition) is 0. The van der Waals surface area contributed by atoms with Crippen molar-refractivity contribution in [2.75, 3.05) is 0 Å². The molecule has 0 aliphatic carbocycles. The van der Waals surface area contributed by atoms with Crippen molar-refractivity contribution >= 4 is 5.97 Å². The summed E-state index contributed by atoms with van der Waals surface area (Å²) in [7, 11) is 0. The van der Waals surface area contributed by atoms with Crippen LogP contribution in [-0.4, -0.2) is 42.2 Å². The highest BCUT2D eigenvalue weighted by Crippen LogP contribution is 2.55. The van der Waals surface area contributed by atoms with E-state index >= 15 is 0 Å². The minimum Gasteiger partial charge on any atom is -0.393 e. The Hall–Kier alpha value is -1.63. The second kappa shape index (κ2) is 6.59. The van der Waals surface area contributed by atoms with Gasteiger partial charge in [0.2, 0.25) is 0 Å². The zero-order chi connectivity index (χ0) is 20.6. The van der Waals surface area contributed by atoms with E-state index in [1.807, 2.05) is 0 Å². The third kappa shape index (κ3) is 4.51. The lowest BCUT2D eigenvalue weighted by molar-refractivity contribution is -0.422. The second-order valence-electron chi connectivity index (χ2n) is 4.75. The van der Waals surface area contributed by atoms with Gasteiger partial charge in [-0.2, -0.15) is 48.3 Å². The molecule has 1 atom stereocenters. The monoisotopic (exact) mass is 400 g/mol. The highest BCUT2D eigenvalue weighted by atomic mass is 19.4. The number of rotatable bonds is 7. The van der Waals surface area contributed by atoms with Crippen LogP contribution in [0, 0.1) is 0 Å². The Morgan fingerprint density at radius 3 is 1.64 bits per heavy atom. The van der Waals surface area contributed by atoms with Crippen LogP contribution in [0.3, 0.4) is 0 Å². The quantitative estimate of drug-likeness (QED) is 0.346. The van der Waals surface area contributed by atoms with Gasteiger partial charge < -0.3 is 4.74 Å². The molecule has 0 fully saturated rings. The summed E-state index contributed by atoms with van der Waals surface area (Å²) < 4.78 is 156. The molecule has 0 amide bonds. The van der Waals surface area contributed by atoms with Gasteiger partial charge in [-0.3, -0.25) is 0 Å². The highest BCUT2D eigenvalue weighted by molar-refractivity contribution is 5.87. The first-order valence-corrected chi connectivity index (χ1v) is 5.81. The summed E-state index contributed by atoms with van der Waals surface area (Å²) in [6, 6.07) is 0. The summed E-state index contributed by atoms with van der Waals surface area (Å²) in [6.45, 7) is 3.23. The summed E-state index contributed by atoms with van der Waals surface area (Å²) in [4.78, 5) is 10.7. The van der Waals surface area contributed by atoms with Gasteiger partial charge >= 0.3 is 36.0 Å². The first-order chi connectivity index (χ1) is 10.7. The molecule has 148 valence electrons. The van der Waals surface area contributed by atoms with E-state index in [4.69, 9.17) is 0 Å². The molecule has 0 aromatic carbocycles. The fourth-order valence-corrected chi connectivity index (χ4v) is 1.19. The molecule has 2 nitrogen and oxygen atoms in total. The predicted molar refractivity (Wildman–Crippen MR) is 56.3 cm³/mol. The molecule has 14 heteroatoms. The summed E-state index contributed by atoms with van der Waals surface area (Å²) >= 11 is 0. The molecule has 0 aromatic rings. The first kappa shape index (κ1) is 23.4. The van der Waals surface area contributed by atoms with Gasteiger partial charge in [0.15, 0.2) is 6.17 Å². The lowest BCUT2D eigenvalue weighted by atomic mass is 9.97. The van der Waals surface area contributed by atoms with Crippen LogP contribution >= 0.6 is 0 Å². The van der Waals surface area contributed by atoms with Crippen LogP contribution < -0.4 is 0 Å². The van der Waals surface area contributed by atoms with Gasteiger partial charge in [-0.25, -0.2) is 9.18 Å². The van der Waals surface area contributed by atoms with E-state index in [9.17, 15) is 57.5 Å². The Kier molecular flexibility index (Phi) is 6.16. The van der Waals surface area contributed by atoms with Gasteiger partial charge in [-0.05, 0) is 6.92 Å². The van der Waals surface area contributed by atoms with Crippen LogP contribution in [0.5, 0.6) is 0 Å². The highest BCUT2D eigenvalue weighted by Gasteiger charge is 2.84. The van der Waals surface area contributed by atoms with Crippen molar-refractivity contribution in [2.45, 2.75) is 49.6 Å². The molecule has 25 heavy (non-hydrogen) atoms. The zero-order valence-electron chi connectivity index (χ0n) is 11.8. The van der Waals surface area contributed by atoms with Crippen molar-refractivity contribution in [2.24, 2.45) is 0 Å². The number of hydrogen-bond acceptors (Lipinski definition) is 2. The van der Waals surface area contributed by atoms with Gasteiger partial charge in [0, 0.05) is 5.57 Å². The number of esters is 1. The van der Waals surface area contributed by atoms with Gasteiger partial charge in [-0.15, -0.1) is 0 Å². The van der Waals surface area contributed by atoms with E-state index in [0.717, 1.165) is 0 Å². The smallest absolute Gasteiger partial charge is 0.393 e. The van der Waals surface area contributed by atoms with Crippen LogP contribution in [0.2, 0.25) is 0 Å². The Morgan fingerprint density at radius 1 is 0.920 bits per heavy atom. The maximum Gasteiger partial charge on any atom is 0.473 e. The molecule has 0 aliphatic rings. The van der Waals surface area contributed by atoms with Crippen LogP contribution in [0.4, 0.5) is 52.7 Å². The molecule has 0 saturated carbocycles. The van der Waals surface area contributed by atoms with Crippen LogP contribution in [0.25, 0.3) is 0 Å². The van der Waals surface area contributed by atoms with Crippen molar-refractivity contribution in [3.8, 4) is 0 Å². The first-order valence-electron chi connectivity index (χ1n) is 5.81. The maximum atomic E-state index is 13.2. The molecular weight excluding hydrogens is 392 g/mol. The third-order valence-electron chi connectivity index (χ3n) is 2.55. The van der Waals surface area contributed by atoms with Crippen molar-refractivity contribution in [1.29, 1.82) is 0 Å². The minimum atomic E-state index is -7.36. The normalized spacial score (nSPS) is 15.7. The standard InChI is InChI=1S/C11H8F12O2/c1-4(2)6(24)25-11(22,23)10(20,21)9(18,19)8(16,17)5(12)3-7(13,14)15/h5H,1,3H2,2H3. The maximum absolute atomic E-state index is 13.2. The summed E-state index contributed by atoms with van der Waals surface area (Å²) in [5, 5.41) is 0. The molecule has 0 heterocycles.